The van der Waals surface area contributed by atoms with Crippen LogP contribution in [0.3, 0.4) is 0 Å². The van der Waals surface area contributed by atoms with Crippen LogP contribution in [-0.2, 0) is 16.1 Å². The van der Waals surface area contributed by atoms with Crippen LogP contribution in [0.4, 0.5) is 0 Å². The molecule has 3 aromatic rings. The first-order valence-corrected chi connectivity index (χ1v) is 8.17. The Labute approximate surface area is 151 Å². The second-order valence-electron chi connectivity index (χ2n) is 5.76. The zero-order valence-corrected chi connectivity index (χ0v) is 14.4. The highest BCUT2D eigenvalue weighted by atomic mass is 16.5. The molecular weight excluding hydrogens is 328 g/mol. The molecule has 0 spiro atoms. The number of imidazole rings is 1. The van der Waals surface area contributed by atoms with E-state index >= 15 is 0 Å². The monoisotopic (exact) mass is 347 g/mol. The molecule has 5 heteroatoms. The summed E-state index contributed by atoms with van der Waals surface area (Å²) in [4.78, 5) is 23.5. The minimum atomic E-state index is -0.381. The van der Waals surface area contributed by atoms with Crippen molar-refractivity contribution in [1.82, 2.24) is 4.57 Å². The number of aromatic nitrogens is 2. The number of rotatable bonds is 5. The third-order valence-corrected chi connectivity index (χ3v) is 3.90. The first-order valence-electron chi connectivity index (χ1n) is 8.17. The topological polar surface area (TPSA) is 52.2 Å². The first-order chi connectivity index (χ1) is 12.7. The lowest BCUT2D eigenvalue weighted by atomic mass is 10.1. The highest BCUT2D eigenvalue weighted by Crippen LogP contribution is 2.07. The molecule has 0 aliphatic carbocycles. The molecular formula is C21H19N2O3+. The molecule has 0 unspecified atom stereocenters. The number of esters is 1. The molecule has 0 N–H and O–H groups in total. The fraction of sp³-hybridized carbons (Fsp3) is 0.0952. The maximum absolute atomic E-state index is 12.4. The van der Waals surface area contributed by atoms with Crippen molar-refractivity contribution in [2.24, 2.45) is 0 Å². The number of carbonyl (C=O) groups is 2. The van der Waals surface area contributed by atoms with Gasteiger partial charge in [-0.25, -0.2) is 14.2 Å². The minimum Gasteiger partial charge on any atom is -0.466 e. The molecule has 26 heavy (non-hydrogen) atoms. The summed E-state index contributed by atoms with van der Waals surface area (Å²) >= 11 is 0. The van der Waals surface area contributed by atoms with Gasteiger partial charge in [-0.2, -0.15) is 4.57 Å². The van der Waals surface area contributed by atoms with Crippen molar-refractivity contribution in [1.29, 1.82) is 0 Å². The molecule has 0 atom stereocenters. The van der Waals surface area contributed by atoms with Gasteiger partial charge >= 0.3 is 11.9 Å². The molecule has 2 aromatic carbocycles. The highest BCUT2D eigenvalue weighted by Gasteiger charge is 2.15. The van der Waals surface area contributed by atoms with E-state index in [0.29, 0.717) is 12.1 Å². The highest BCUT2D eigenvalue weighted by molar-refractivity contribution is 5.95. The minimum absolute atomic E-state index is 0.0624. The van der Waals surface area contributed by atoms with Crippen LogP contribution in [-0.4, -0.2) is 23.6 Å². The number of ether oxygens (including phenoxy) is 1. The van der Waals surface area contributed by atoms with E-state index in [9.17, 15) is 9.59 Å². The van der Waals surface area contributed by atoms with E-state index < -0.39 is 0 Å². The van der Waals surface area contributed by atoms with Crippen LogP contribution in [0.5, 0.6) is 0 Å². The number of nitrogens with zero attached hydrogens (tertiary/aromatic N) is 2. The van der Waals surface area contributed by atoms with Gasteiger partial charge in [0.1, 0.15) is 18.9 Å². The fourth-order valence-electron chi connectivity index (χ4n) is 2.51. The molecule has 130 valence electrons. The third-order valence-electron chi connectivity index (χ3n) is 3.90. The first kappa shape index (κ1) is 17.4. The third kappa shape index (κ3) is 4.33. The number of benzene rings is 2. The number of hydrogen-bond acceptors (Lipinski definition) is 3. The van der Waals surface area contributed by atoms with Crippen molar-refractivity contribution >= 4 is 18.0 Å². The maximum Gasteiger partial charge on any atom is 0.345 e. The van der Waals surface area contributed by atoms with E-state index in [1.807, 2.05) is 53.2 Å². The van der Waals surface area contributed by atoms with Gasteiger partial charge in [-0.1, -0.05) is 42.5 Å². The fourth-order valence-corrected chi connectivity index (χ4v) is 2.51. The van der Waals surface area contributed by atoms with E-state index in [0.717, 1.165) is 11.1 Å². The van der Waals surface area contributed by atoms with Crippen LogP contribution in [0.15, 0.2) is 79.4 Å². The van der Waals surface area contributed by atoms with Gasteiger partial charge < -0.3 is 4.74 Å². The van der Waals surface area contributed by atoms with Gasteiger partial charge in [0.05, 0.1) is 12.7 Å². The van der Waals surface area contributed by atoms with Crippen molar-refractivity contribution in [2.75, 3.05) is 7.11 Å². The Bertz CT molecular complexity index is 925. The van der Waals surface area contributed by atoms with Gasteiger partial charge in [0.25, 0.3) is 6.33 Å². The Kier molecular flexibility index (Phi) is 5.39. The van der Waals surface area contributed by atoms with Gasteiger partial charge in [-0.3, -0.25) is 0 Å². The Morgan fingerprint density at radius 3 is 2.50 bits per heavy atom. The number of methoxy groups -OCH3 is 1. The van der Waals surface area contributed by atoms with E-state index in [4.69, 9.17) is 0 Å². The second kappa shape index (κ2) is 8.07. The Hall–Kier alpha value is -3.47. The molecule has 0 amide bonds. The summed E-state index contributed by atoms with van der Waals surface area (Å²) in [6.07, 6.45) is 8.49. The molecule has 0 saturated heterocycles. The summed E-state index contributed by atoms with van der Waals surface area (Å²) in [5.74, 6) is -0.443. The Balaban J connectivity index is 1.67. The van der Waals surface area contributed by atoms with Crippen LogP contribution in [0.2, 0.25) is 0 Å². The van der Waals surface area contributed by atoms with Crippen molar-refractivity contribution in [3.63, 3.8) is 0 Å². The molecule has 1 heterocycles. The van der Waals surface area contributed by atoms with E-state index in [2.05, 4.69) is 4.74 Å². The largest absolute Gasteiger partial charge is 0.466 e. The van der Waals surface area contributed by atoms with Gasteiger partial charge in [0.2, 0.25) is 0 Å². The predicted octanol–water partition coefficient (Wildman–Crippen LogP) is 2.70. The lowest BCUT2D eigenvalue weighted by Gasteiger charge is -1.99. The molecule has 0 bridgehead atoms. The van der Waals surface area contributed by atoms with Gasteiger partial charge in [0, 0.05) is 6.08 Å². The SMILES string of the molecule is COC(=O)C=Cc1ccc(C[n+]2ccn(C(=O)c3ccccc3)c2)cc1. The molecule has 0 saturated carbocycles. The Morgan fingerprint density at radius 2 is 1.81 bits per heavy atom. The smallest absolute Gasteiger partial charge is 0.345 e. The number of carbonyl (C=O) groups excluding carboxylic acids is 2. The van der Waals surface area contributed by atoms with Crippen molar-refractivity contribution in [3.05, 3.63) is 96.1 Å². The van der Waals surface area contributed by atoms with E-state index in [-0.39, 0.29) is 11.9 Å². The average molecular weight is 347 g/mol. The number of hydrogen-bond donors (Lipinski definition) is 0. The lowest BCUT2D eigenvalue weighted by Crippen LogP contribution is -2.32. The molecule has 3 rings (SSSR count). The molecule has 5 nitrogen and oxygen atoms in total. The van der Waals surface area contributed by atoms with Gasteiger partial charge in [0.15, 0.2) is 0 Å². The molecule has 0 aliphatic heterocycles. The summed E-state index contributed by atoms with van der Waals surface area (Å²) in [6, 6.07) is 17.0. The zero-order chi connectivity index (χ0) is 18.4. The van der Waals surface area contributed by atoms with Crippen molar-refractivity contribution < 1.29 is 18.9 Å². The predicted molar refractivity (Wildman–Crippen MR) is 97.4 cm³/mol. The summed E-state index contributed by atoms with van der Waals surface area (Å²) < 4.78 is 8.09. The summed E-state index contributed by atoms with van der Waals surface area (Å²) in [6.45, 7) is 0.649. The summed E-state index contributed by atoms with van der Waals surface area (Å²) in [5.41, 5.74) is 2.66. The van der Waals surface area contributed by atoms with E-state index in [1.165, 1.54) is 13.2 Å². The van der Waals surface area contributed by atoms with Crippen LogP contribution in [0, 0.1) is 0 Å². The van der Waals surface area contributed by atoms with Gasteiger partial charge in [-0.15, -0.1) is 0 Å². The molecule has 0 fully saturated rings. The van der Waals surface area contributed by atoms with Crippen LogP contribution in [0.1, 0.15) is 21.5 Å². The van der Waals surface area contributed by atoms with Crippen molar-refractivity contribution in [2.45, 2.75) is 6.54 Å². The molecule has 0 radical (unpaired) electrons. The summed E-state index contributed by atoms with van der Waals surface area (Å²) in [5, 5.41) is 0. The zero-order valence-electron chi connectivity index (χ0n) is 14.4. The lowest BCUT2D eigenvalue weighted by molar-refractivity contribution is -0.687. The average Bonchev–Trinajstić information content (AvgIpc) is 3.15. The second-order valence-corrected chi connectivity index (χ2v) is 5.76. The van der Waals surface area contributed by atoms with Crippen molar-refractivity contribution in [3.8, 4) is 0 Å². The Morgan fingerprint density at radius 1 is 1.08 bits per heavy atom. The normalized spacial score (nSPS) is 10.8. The van der Waals surface area contributed by atoms with Gasteiger partial charge in [-0.05, 0) is 29.3 Å². The maximum atomic E-state index is 12.4. The molecule has 1 aromatic heterocycles. The van der Waals surface area contributed by atoms with Crippen LogP contribution >= 0.6 is 0 Å². The standard InChI is InChI=1S/C21H19N2O3/c1-26-20(24)12-11-17-7-9-18(10-8-17)15-22-13-14-23(16-22)21(25)19-5-3-2-4-6-19/h2-14,16H,15H2,1H3/q+1. The summed E-state index contributed by atoms with van der Waals surface area (Å²) in [7, 11) is 1.35. The van der Waals surface area contributed by atoms with E-state index in [1.54, 1.807) is 35.3 Å². The van der Waals surface area contributed by atoms with Crippen LogP contribution in [0.25, 0.3) is 6.08 Å². The molecule has 0 aliphatic rings. The quantitative estimate of drug-likeness (QED) is 0.405. The van der Waals surface area contributed by atoms with Crippen LogP contribution < -0.4 is 4.57 Å².